The second-order valence-corrected chi connectivity index (χ2v) is 8.42. The number of hydrogen-bond acceptors (Lipinski definition) is 4. The molecule has 0 aromatic heterocycles. The van der Waals surface area contributed by atoms with Crippen LogP contribution in [-0.2, 0) is 14.6 Å². The van der Waals surface area contributed by atoms with Gasteiger partial charge in [-0.05, 0) is 30.5 Å². The number of carbonyl (C=O) groups excluding carboxylic acids is 1. The molecule has 0 bridgehead atoms. The Morgan fingerprint density at radius 3 is 2.55 bits per heavy atom. The predicted octanol–water partition coefficient (Wildman–Crippen LogP) is 1.66. The second-order valence-electron chi connectivity index (χ2n) is 6.11. The van der Waals surface area contributed by atoms with Crippen LogP contribution in [0, 0.1) is 17.7 Å². The number of sulfone groups is 1. The third-order valence-electron chi connectivity index (χ3n) is 4.35. The van der Waals surface area contributed by atoms with Crippen molar-refractivity contribution in [1.29, 1.82) is 0 Å². The fourth-order valence-corrected chi connectivity index (χ4v) is 3.91. The number of rotatable bonds is 3. The van der Waals surface area contributed by atoms with Gasteiger partial charge in [-0.15, -0.1) is 0 Å². The number of halogens is 1. The lowest BCUT2D eigenvalue weighted by atomic mass is 10.2. The maximum atomic E-state index is 14.0. The Kier molecular flexibility index (Phi) is 3.84. The standard InChI is InChI=1S/C15H19FN2O3S/c1-10-8-12(10)15(19)17-11-2-3-13(16)14(9-11)18-4-6-22(20,21)7-5-18/h2-3,9-10,12H,4-8H2,1H3,(H,17,19)/t10-,12+/m1/s1. The largest absolute Gasteiger partial charge is 0.367 e. The van der Waals surface area contributed by atoms with Crippen LogP contribution in [0.15, 0.2) is 18.2 Å². The van der Waals surface area contributed by atoms with Crippen molar-refractivity contribution in [3.05, 3.63) is 24.0 Å². The van der Waals surface area contributed by atoms with Gasteiger partial charge in [-0.1, -0.05) is 6.92 Å². The van der Waals surface area contributed by atoms with Gasteiger partial charge < -0.3 is 10.2 Å². The summed E-state index contributed by atoms with van der Waals surface area (Å²) >= 11 is 0. The monoisotopic (exact) mass is 326 g/mol. The predicted molar refractivity (Wildman–Crippen MR) is 83.2 cm³/mol. The summed E-state index contributed by atoms with van der Waals surface area (Å²) in [6, 6.07) is 4.42. The summed E-state index contributed by atoms with van der Waals surface area (Å²) in [5.74, 6) is 0.0785. The molecule has 2 fully saturated rings. The summed E-state index contributed by atoms with van der Waals surface area (Å²) in [6.45, 7) is 2.57. The number of carbonyl (C=O) groups is 1. The van der Waals surface area contributed by atoms with E-state index in [1.54, 1.807) is 11.0 Å². The van der Waals surface area contributed by atoms with Crippen molar-refractivity contribution < 1.29 is 17.6 Å². The highest BCUT2D eigenvalue weighted by Crippen LogP contribution is 2.38. The van der Waals surface area contributed by atoms with Crippen LogP contribution in [0.2, 0.25) is 0 Å². The summed E-state index contributed by atoms with van der Waals surface area (Å²) in [5.41, 5.74) is 0.894. The summed E-state index contributed by atoms with van der Waals surface area (Å²) in [4.78, 5) is 13.7. The molecule has 0 radical (unpaired) electrons. The molecule has 1 aliphatic carbocycles. The van der Waals surface area contributed by atoms with Crippen LogP contribution in [0.1, 0.15) is 13.3 Å². The van der Waals surface area contributed by atoms with Crippen LogP contribution in [0.5, 0.6) is 0 Å². The molecule has 2 aliphatic rings. The molecule has 0 spiro atoms. The molecule has 22 heavy (non-hydrogen) atoms. The van der Waals surface area contributed by atoms with Gasteiger partial charge in [0.2, 0.25) is 5.91 Å². The van der Waals surface area contributed by atoms with Gasteiger partial charge in [-0.3, -0.25) is 4.79 Å². The van der Waals surface area contributed by atoms with Crippen LogP contribution in [-0.4, -0.2) is 38.9 Å². The van der Waals surface area contributed by atoms with Gasteiger partial charge in [0.15, 0.2) is 9.84 Å². The van der Waals surface area contributed by atoms with Crippen molar-refractivity contribution in [2.45, 2.75) is 13.3 Å². The summed E-state index contributed by atoms with van der Waals surface area (Å²) in [5, 5.41) is 2.81. The quantitative estimate of drug-likeness (QED) is 0.917. The number of benzene rings is 1. The third-order valence-corrected chi connectivity index (χ3v) is 5.95. The zero-order valence-electron chi connectivity index (χ0n) is 12.4. The second kappa shape index (κ2) is 5.53. The van der Waals surface area contributed by atoms with E-state index in [2.05, 4.69) is 5.32 Å². The molecule has 1 N–H and O–H groups in total. The fourth-order valence-electron chi connectivity index (χ4n) is 2.71. The van der Waals surface area contributed by atoms with Crippen molar-refractivity contribution in [3.63, 3.8) is 0 Å². The van der Waals surface area contributed by atoms with Gasteiger partial charge in [0.05, 0.1) is 17.2 Å². The minimum atomic E-state index is -3.01. The van der Waals surface area contributed by atoms with E-state index in [1.807, 2.05) is 6.92 Å². The van der Waals surface area contributed by atoms with E-state index in [9.17, 15) is 17.6 Å². The molecule has 1 aliphatic heterocycles. The molecule has 5 nitrogen and oxygen atoms in total. The first-order valence-electron chi connectivity index (χ1n) is 7.41. The average molecular weight is 326 g/mol. The lowest BCUT2D eigenvalue weighted by Gasteiger charge is -2.29. The van der Waals surface area contributed by atoms with Gasteiger partial charge in [0, 0.05) is 24.7 Å². The Morgan fingerprint density at radius 1 is 1.32 bits per heavy atom. The Bertz CT molecular complexity index is 691. The molecule has 1 saturated carbocycles. The van der Waals surface area contributed by atoms with Crippen LogP contribution >= 0.6 is 0 Å². The summed E-state index contributed by atoms with van der Waals surface area (Å²) in [7, 11) is -3.01. The van der Waals surface area contributed by atoms with Crippen LogP contribution < -0.4 is 10.2 Å². The molecule has 1 amide bonds. The lowest BCUT2D eigenvalue weighted by Crippen LogP contribution is -2.40. The third kappa shape index (κ3) is 3.24. The molecule has 120 valence electrons. The SMILES string of the molecule is C[C@@H]1C[C@@H]1C(=O)Nc1ccc(F)c(N2CCS(=O)(=O)CC2)c1. The van der Waals surface area contributed by atoms with Crippen molar-refractivity contribution in [3.8, 4) is 0 Å². The van der Waals surface area contributed by atoms with E-state index in [0.29, 0.717) is 17.3 Å². The minimum absolute atomic E-state index is 0.0304. The molecule has 0 unspecified atom stereocenters. The average Bonchev–Trinajstić information content (AvgIpc) is 3.18. The van der Waals surface area contributed by atoms with Crippen LogP contribution in [0.25, 0.3) is 0 Å². The first kappa shape index (κ1) is 15.3. The Morgan fingerprint density at radius 2 is 1.95 bits per heavy atom. The Balaban J connectivity index is 1.74. The maximum Gasteiger partial charge on any atom is 0.227 e. The first-order valence-corrected chi connectivity index (χ1v) is 9.24. The molecular formula is C15H19FN2O3S. The zero-order chi connectivity index (χ0) is 15.9. The summed E-state index contributed by atoms with van der Waals surface area (Å²) in [6.07, 6.45) is 0.893. The molecule has 1 aromatic carbocycles. The van der Waals surface area contributed by atoms with Gasteiger partial charge in [-0.2, -0.15) is 0 Å². The number of nitrogens with zero attached hydrogens (tertiary/aromatic N) is 1. The van der Waals surface area contributed by atoms with Crippen molar-refractivity contribution in [2.24, 2.45) is 11.8 Å². The zero-order valence-corrected chi connectivity index (χ0v) is 13.2. The highest BCUT2D eigenvalue weighted by atomic mass is 32.2. The van der Waals surface area contributed by atoms with Gasteiger partial charge in [0.25, 0.3) is 0 Å². The van der Waals surface area contributed by atoms with E-state index in [0.717, 1.165) is 6.42 Å². The minimum Gasteiger partial charge on any atom is -0.367 e. The van der Waals surface area contributed by atoms with E-state index in [4.69, 9.17) is 0 Å². The van der Waals surface area contributed by atoms with E-state index in [1.165, 1.54) is 12.1 Å². The molecule has 1 heterocycles. The molecular weight excluding hydrogens is 307 g/mol. The van der Waals surface area contributed by atoms with Gasteiger partial charge in [0.1, 0.15) is 5.82 Å². The van der Waals surface area contributed by atoms with Gasteiger partial charge >= 0.3 is 0 Å². The Labute approximate surface area is 129 Å². The highest BCUT2D eigenvalue weighted by Gasteiger charge is 2.39. The molecule has 7 heteroatoms. The van der Waals surface area contributed by atoms with Crippen molar-refractivity contribution in [1.82, 2.24) is 0 Å². The van der Waals surface area contributed by atoms with E-state index < -0.39 is 15.7 Å². The molecule has 1 saturated heterocycles. The summed E-state index contributed by atoms with van der Waals surface area (Å²) < 4.78 is 36.9. The molecule has 2 atom stereocenters. The van der Waals surface area contributed by atoms with Crippen molar-refractivity contribution >= 4 is 27.1 Å². The molecule has 3 rings (SSSR count). The lowest BCUT2D eigenvalue weighted by molar-refractivity contribution is -0.117. The Hall–Kier alpha value is -1.63. The van der Waals surface area contributed by atoms with Crippen molar-refractivity contribution in [2.75, 3.05) is 34.8 Å². The number of amides is 1. The smallest absolute Gasteiger partial charge is 0.227 e. The highest BCUT2D eigenvalue weighted by molar-refractivity contribution is 7.91. The van der Waals surface area contributed by atoms with E-state index in [-0.39, 0.29) is 36.4 Å². The first-order chi connectivity index (χ1) is 10.4. The van der Waals surface area contributed by atoms with Crippen LogP contribution in [0.3, 0.4) is 0 Å². The topological polar surface area (TPSA) is 66.5 Å². The number of nitrogens with one attached hydrogen (secondary N) is 1. The maximum absolute atomic E-state index is 14.0. The number of anilines is 2. The number of hydrogen-bond donors (Lipinski definition) is 1. The van der Waals surface area contributed by atoms with E-state index >= 15 is 0 Å². The van der Waals surface area contributed by atoms with Crippen LogP contribution in [0.4, 0.5) is 15.8 Å². The normalized spacial score (nSPS) is 26.5. The fraction of sp³-hybridized carbons (Fsp3) is 0.533. The van der Waals surface area contributed by atoms with Gasteiger partial charge in [-0.25, -0.2) is 12.8 Å². The molecule has 1 aromatic rings.